The SMILES string of the molecule is O=C([C@H]1CCCN1c1nnc(N2CCCC2=O)s1)N1CCN(c2cccc(C(F)(F)F)c2)CC1. The molecule has 3 aliphatic rings. The van der Waals surface area contributed by atoms with Crippen LogP contribution in [-0.2, 0) is 15.8 Å². The minimum absolute atomic E-state index is 0.00944. The molecule has 0 saturated carbocycles. The minimum Gasteiger partial charge on any atom is -0.368 e. The molecule has 3 saturated heterocycles. The highest BCUT2D eigenvalue weighted by atomic mass is 32.1. The summed E-state index contributed by atoms with van der Waals surface area (Å²) in [4.78, 5) is 32.7. The number of halogens is 3. The topological polar surface area (TPSA) is 72.9 Å². The second-order valence-electron chi connectivity index (χ2n) is 8.73. The number of carbonyl (C=O) groups is 2. The Labute approximate surface area is 198 Å². The second kappa shape index (κ2) is 9.05. The molecule has 182 valence electrons. The lowest BCUT2D eigenvalue weighted by molar-refractivity contribution is -0.137. The van der Waals surface area contributed by atoms with Gasteiger partial charge < -0.3 is 14.7 Å². The first-order valence-corrected chi connectivity index (χ1v) is 12.2. The fourth-order valence-corrected chi connectivity index (χ4v) is 5.78. The number of aromatic nitrogens is 2. The van der Waals surface area contributed by atoms with Crippen molar-refractivity contribution in [2.24, 2.45) is 0 Å². The third-order valence-corrected chi connectivity index (χ3v) is 7.60. The van der Waals surface area contributed by atoms with Gasteiger partial charge in [-0.05, 0) is 37.5 Å². The summed E-state index contributed by atoms with van der Waals surface area (Å²) in [6, 6.07) is 4.97. The molecular formula is C22H25F3N6O2S. The Kier molecular flexibility index (Phi) is 6.09. The first-order chi connectivity index (χ1) is 16.3. The molecule has 1 atom stereocenters. The van der Waals surface area contributed by atoms with Crippen LogP contribution in [-0.4, -0.2) is 72.2 Å². The Balaban J connectivity index is 1.22. The van der Waals surface area contributed by atoms with Crippen LogP contribution < -0.4 is 14.7 Å². The molecule has 5 rings (SSSR count). The van der Waals surface area contributed by atoms with E-state index in [1.807, 2.05) is 9.80 Å². The fourth-order valence-electron chi connectivity index (χ4n) is 4.81. The van der Waals surface area contributed by atoms with Crippen molar-refractivity contribution in [3.8, 4) is 0 Å². The summed E-state index contributed by atoms with van der Waals surface area (Å²) in [5, 5.41) is 9.67. The van der Waals surface area contributed by atoms with Crippen molar-refractivity contribution in [2.45, 2.75) is 37.9 Å². The smallest absolute Gasteiger partial charge is 0.368 e. The first-order valence-electron chi connectivity index (χ1n) is 11.4. The molecule has 4 heterocycles. The number of amides is 2. The van der Waals surface area contributed by atoms with Crippen LogP contribution in [0.3, 0.4) is 0 Å². The van der Waals surface area contributed by atoms with Crippen LogP contribution in [0.5, 0.6) is 0 Å². The molecule has 0 unspecified atom stereocenters. The number of nitrogens with zero attached hydrogens (tertiary/aromatic N) is 6. The molecule has 0 radical (unpaired) electrons. The number of carbonyl (C=O) groups excluding carboxylic acids is 2. The monoisotopic (exact) mass is 494 g/mol. The molecule has 8 nitrogen and oxygen atoms in total. The van der Waals surface area contributed by atoms with E-state index in [2.05, 4.69) is 10.2 Å². The Morgan fingerprint density at radius 1 is 1.00 bits per heavy atom. The Hall–Kier alpha value is -2.89. The molecule has 0 N–H and O–H groups in total. The number of hydrogen-bond acceptors (Lipinski definition) is 7. The molecule has 2 aromatic rings. The normalized spacial score (nSPS) is 21.6. The molecular weight excluding hydrogens is 469 g/mol. The average Bonchev–Trinajstić information content (AvgIpc) is 3.58. The minimum atomic E-state index is -4.38. The molecule has 0 spiro atoms. The maximum absolute atomic E-state index is 13.3. The van der Waals surface area contributed by atoms with Gasteiger partial charge in [-0.1, -0.05) is 17.4 Å². The van der Waals surface area contributed by atoms with Gasteiger partial charge in [-0.25, -0.2) is 0 Å². The van der Waals surface area contributed by atoms with Crippen molar-refractivity contribution in [1.82, 2.24) is 15.1 Å². The van der Waals surface area contributed by atoms with E-state index in [1.54, 1.807) is 15.9 Å². The average molecular weight is 495 g/mol. The maximum Gasteiger partial charge on any atom is 0.416 e. The molecule has 0 aliphatic carbocycles. The van der Waals surface area contributed by atoms with Crippen LogP contribution in [0.1, 0.15) is 31.2 Å². The van der Waals surface area contributed by atoms with Gasteiger partial charge in [-0.2, -0.15) is 13.2 Å². The maximum atomic E-state index is 13.3. The van der Waals surface area contributed by atoms with E-state index in [1.165, 1.54) is 17.4 Å². The summed E-state index contributed by atoms with van der Waals surface area (Å²) >= 11 is 1.34. The van der Waals surface area contributed by atoms with Crippen molar-refractivity contribution in [3.05, 3.63) is 29.8 Å². The third-order valence-electron chi connectivity index (χ3n) is 6.62. The van der Waals surface area contributed by atoms with Crippen LogP contribution >= 0.6 is 11.3 Å². The Bertz CT molecular complexity index is 1070. The van der Waals surface area contributed by atoms with Gasteiger partial charge in [-0.15, -0.1) is 10.2 Å². The van der Waals surface area contributed by atoms with Gasteiger partial charge in [0.25, 0.3) is 0 Å². The second-order valence-corrected chi connectivity index (χ2v) is 9.66. The first kappa shape index (κ1) is 22.9. The van der Waals surface area contributed by atoms with E-state index < -0.39 is 11.7 Å². The zero-order chi connectivity index (χ0) is 23.9. The zero-order valence-electron chi connectivity index (χ0n) is 18.5. The lowest BCUT2D eigenvalue weighted by atomic mass is 10.1. The van der Waals surface area contributed by atoms with Gasteiger partial charge in [0.15, 0.2) is 0 Å². The largest absolute Gasteiger partial charge is 0.416 e. The van der Waals surface area contributed by atoms with Crippen LogP contribution in [0.2, 0.25) is 0 Å². The van der Waals surface area contributed by atoms with Crippen LogP contribution in [0, 0.1) is 0 Å². The summed E-state index contributed by atoms with van der Waals surface area (Å²) in [6.45, 7) is 3.18. The quantitative estimate of drug-likeness (QED) is 0.651. The molecule has 3 aliphatic heterocycles. The lowest BCUT2D eigenvalue weighted by Crippen LogP contribution is -2.53. The van der Waals surface area contributed by atoms with E-state index in [-0.39, 0.29) is 17.9 Å². The lowest BCUT2D eigenvalue weighted by Gasteiger charge is -2.38. The highest BCUT2D eigenvalue weighted by Crippen LogP contribution is 2.35. The number of hydrogen-bond donors (Lipinski definition) is 0. The van der Waals surface area contributed by atoms with Gasteiger partial charge in [0, 0.05) is 51.4 Å². The molecule has 0 bridgehead atoms. The van der Waals surface area contributed by atoms with E-state index >= 15 is 0 Å². The van der Waals surface area contributed by atoms with Gasteiger partial charge in [0.05, 0.1) is 5.56 Å². The van der Waals surface area contributed by atoms with Crippen LogP contribution in [0.15, 0.2) is 24.3 Å². The van der Waals surface area contributed by atoms with Gasteiger partial charge in [0.2, 0.25) is 22.1 Å². The molecule has 34 heavy (non-hydrogen) atoms. The van der Waals surface area contributed by atoms with E-state index in [0.29, 0.717) is 68.1 Å². The molecule has 3 fully saturated rings. The number of rotatable bonds is 4. The fraction of sp³-hybridized carbons (Fsp3) is 0.545. The predicted octanol–water partition coefficient (Wildman–Crippen LogP) is 3.00. The van der Waals surface area contributed by atoms with E-state index in [0.717, 1.165) is 25.0 Å². The summed E-state index contributed by atoms with van der Waals surface area (Å²) in [5.74, 6) is 0.0607. The number of anilines is 3. The molecule has 1 aromatic carbocycles. The number of benzene rings is 1. The van der Waals surface area contributed by atoms with Crippen molar-refractivity contribution in [2.75, 3.05) is 54.0 Å². The summed E-state index contributed by atoms with van der Waals surface area (Å²) in [7, 11) is 0. The van der Waals surface area contributed by atoms with Gasteiger partial charge in [0.1, 0.15) is 6.04 Å². The van der Waals surface area contributed by atoms with E-state index in [9.17, 15) is 22.8 Å². The van der Waals surface area contributed by atoms with Gasteiger partial charge >= 0.3 is 6.18 Å². The van der Waals surface area contributed by atoms with Crippen LogP contribution in [0.25, 0.3) is 0 Å². The summed E-state index contributed by atoms with van der Waals surface area (Å²) in [5.41, 5.74) is -0.153. The summed E-state index contributed by atoms with van der Waals surface area (Å²) < 4.78 is 39.2. The molecule has 2 amide bonds. The van der Waals surface area contributed by atoms with Crippen molar-refractivity contribution in [1.29, 1.82) is 0 Å². The van der Waals surface area contributed by atoms with Crippen molar-refractivity contribution < 1.29 is 22.8 Å². The molecule has 1 aromatic heterocycles. The summed E-state index contributed by atoms with van der Waals surface area (Å²) in [6.07, 6.45) is -1.48. The zero-order valence-corrected chi connectivity index (χ0v) is 19.3. The third kappa shape index (κ3) is 4.42. The highest BCUT2D eigenvalue weighted by Gasteiger charge is 2.37. The van der Waals surface area contributed by atoms with Gasteiger partial charge in [-0.3, -0.25) is 14.5 Å². The number of piperazine rings is 1. The van der Waals surface area contributed by atoms with Crippen molar-refractivity contribution in [3.63, 3.8) is 0 Å². The van der Waals surface area contributed by atoms with Crippen molar-refractivity contribution >= 4 is 39.1 Å². The number of alkyl halides is 3. The Morgan fingerprint density at radius 2 is 1.76 bits per heavy atom. The Morgan fingerprint density at radius 3 is 2.47 bits per heavy atom. The van der Waals surface area contributed by atoms with Crippen LogP contribution in [0.4, 0.5) is 29.1 Å². The van der Waals surface area contributed by atoms with E-state index in [4.69, 9.17) is 0 Å². The predicted molar refractivity (Wildman–Crippen MR) is 122 cm³/mol. The highest BCUT2D eigenvalue weighted by molar-refractivity contribution is 7.19. The standard InChI is InChI=1S/C22H25F3N6O2S/c23-22(24,25)15-4-1-5-16(14-15)28-10-12-29(13-11-28)19(33)17-6-2-8-30(17)20-26-27-21(34-20)31-9-3-7-18(31)32/h1,4-5,14,17H,2-3,6-13H2/t17-/m1/s1. The molecule has 12 heteroatoms.